The number of nitrogens with zero attached hydrogens (tertiary/aromatic N) is 1. The average Bonchev–Trinajstić information content (AvgIpc) is 3.17. The van der Waals surface area contributed by atoms with Gasteiger partial charge in [-0.15, -0.1) is 11.3 Å². The molecule has 0 unspecified atom stereocenters. The number of carbonyl (C=O) groups excluding carboxylic acids is 2. The number of rotatable bonds is 6. The number of aromatic nitrogens is 1. The lowest BCUT2D eigenvalue weighted by Gasteiger charge is -2.11. The van der Waals surface area contributed by atoms with Crippen LogP contribution in [0.4, 0.5) is 5.69 Å². The molecule has 0 aliphatic rings. The molecule has 138 valence electrons. The first-order valence-corrected chi connectivity index (χ1v) is 9.18. The third kappa shape index (κ3) is 4.71. The van der Waals surface area contributed by atoms with E-state index in [9.17, 15) is 9.59 Å². The normalized spacial score (nSPS) is 10.3. The van der Waals surface area contributed by atoms with Crippen LogP contribution in [0.15, 0.2) is 53.9 Å². The number of hydrogen-bond donors (Lipinski definition) is 2. The second kappa shape index (κ2) is 8.46. The van der Waals surface area contributed by atoms with Crippen LogP contribution in [0.3, 0.4) is 0 Å². The average molecular weight is 381 g/mol. The molecule has 2 aromatic carbocycles. The zero-order valence-electron chi connectivity index (χ0n) is 15.0. The Kier molecular flexibility index (Phi) is 5.83. The fourth-order valence-corrected chi connectivity index (χ4v) is 3.26. The number of aryl methyl sites for hydroxylation is 1. The van der Waals surface area contributed by atoms with Crippen molar-refractivity contribution in [3.63, 3.8) is 0 Å². The minimum atomic E-state index is -0.389. The lowest BCUT2D eigenvalue weighted by atomic mass is 10.2. The quantitative estimate of drug-likeness (QED) is 0.685. The number of anilines is 1. The summed E-state index contributed by atoms with van der Waals surface area (Å²) in [6, 6.07) is 15.1. The molecule has 27 heavy (non-hydrogen) atoms. The van der Waals surface area contributed by atoms with Crippen LogP contribution in [0.1, 0.15) is 16.1 Å². The topological polar surface area (TPSA) is 80.3 Å². The Morgan fingerprint density at radius 2 is 1.93 bits per heavy atom. The Labute approximate surface area is 161 Å². The number of ether oxygens (including phenoxy) is 1. The zero-order valence-corrected chi connectivity index (χ0v) is 15.8. The highest BCUT2D eigenvalue weighted by atomic mass is 32.1. The third-order valence-electron chi connectivity index (χ3n) is 3.80. The summed E-state index contributed by atoms with van der Waals surface area (Å²) in [6.45, 7) is 1.76. The molecule has 1 heterocycles. The Bertz CT molecular complexity index is 954. The molecule has 0 saturated carbocycles. The smallest absolute Gasteiger partial charge is 0.271 e. The first kappa shape index (κ1) is 18.6. The molecule has 0 aliphatic carbocycles. The van der Waals surface area contributed by atoms with E-state index < -0.39 is 0 Å². The van der Waals surface area contributed by atoms with Crippen LogP contribution in [-0.2, 0) is 4.79 Å². The van der Waals surface area contributed by atoms with Crippen molar-refractivity contribution in [3.8, 4) is 16.3 Å². The van der Waals surface area contributed by atoms with Crippen LogP contribution in [0.5, 0.6) is 5.75 Å². The van der Waals surface area contributed by atoms with Gasteiger partial charge in [0.15, 0.2) is 0 Å². The number of carbonyl (C=O) groups is 2. The minimum Gasteiger partial charge on any atom is -0.495 e. The number of benzene rings is 2. The van der Waals surface area contributed by atoms with Gasteiger partial charge in [-0.05, 0) is 24.6 Å². The van der Waals surface area contributed by atoms with Crippen LogP contribution >= 0.6 is 11.3 Å². The fraction of sp³-hybridized carbons (Fsp3) is 0.150. The molecule has 0 atom stereocenters. The van der Waals surface area contributed by atoms with E-state index in [2.05, 4.69) is 15.6 Å². The van der Waals surface area contributed by atoms with Gasteiger partial charge in [0.1, 0.15) is 16.5 Å². The molecule has 2 amide bonds. The molecule has 0 bridgehead atoms. The maximum Gasteiger partial charge on any atom is 0.271 e. The summed E-state index contributed by atoms with van der Waals surface area (Å²) in [4.78, 5) is 28.7. The highest BCUT2D eigenvalue weighted by molar-refractivity contribution is 7.13. The van der Waals surface area contributed by atoms with Gasteiger partial charge < -0.3 is 15.4 Å². The Balaban J connectivity index is 1.59. The second-order valence-corrected chi connectivity index (χ2v) is 6.70. The van der Waals surface area contributed by atoms with E-state index in [1.54, 1.807) is 11.4 Å². The van der Waals surface area contributed by atoms with Crippen molar-refractivity contribution in [3.05, 3.63) is 65.2 Å². The SMILES string of the molecule is COc1ccc(C)cc1NC(=O)CNC(=O)c1csc(-c2ccccc2)n1. The first-order chi connectivity index (χ1) is 13.1. The van der Waals surface area contributed by atoms with E-state index in [4.69, 9.17) is 4.74 Å². The monoisotopic (exact) mass is 381 g/mol. The van der Waals surface area contributed by atoms with E-state index >= 15 is 0 Å². The minimum absolute atomic E-state index is 0.159. The molecule has 2 N–H and O–H groups in total. The van der Waals surface area contributed by atoms with Gasteiger partial charge in [-0.3, -0.25) is 9.59 Å². The van der Waals surface area contributed by atoms with Crippen molar-refractivity contribution in [2.45, 2.75) is 6.92 Å². The first-order valence-electron chi connectivity index (χ1n) is 8.30. The number of methoxy groups -OCH3 is 1. The van der Waals surface area contributed by atoms with Crippen LogP contribution in [-0.4, -0.2) is 30.5 Å². The van der Waals surface area contributed by atoms with Crippen molar-refractivity contribution in [2.75, 3.05) is 19.0 Å². The number of thiazole rings is 1. The summed E-state index contributed by atoms with van der Waals surface area (Å²) in [7, 11) is 1.54. The molecule has 3 rings (SSSR count). The highest BCUT2D eigenvalue weighted by Gasteiger charge is 2.14. The number of nitrogens with one attached hydrogen (secondary N) is 2. The van der Waals surface area contributed by atoms with Gasteiger partial charge >= 0.3 is 0 Å². The van der Waals surface area contributed by atoms with Gasteiger partial charge in [0.2, 0.25) is 5.91 Å². The van der Waals surface area contributed by atoms with Crippen molar-refractivity contribution >= 4 is 28.8 Å². The standard InChI is InChI=1S/C20H19N3O3S/c1-13-8-9-17(26-2)15(10-13)22-18(24)11-21-19(25)16-12-27-20(23-16)14-6-4-3-5-7-14/h3-10,12H,11H2,1-2H3,(H,21,25)(H,22,24). The zero-order chi connectivity index (χ0) is 19.2. The molecular weight excluding hydrogens is 362 g/mol. The maximum absolute atomic E-state index is 12.3. The summed E-state index contributed by atoms with van der Waals surface area (Å²) in [5, 5.41) is 7.77. The van der Waals surface area contributed by atoms with Crippen LogP contribution in [0.25, 0.3) is 10.6 Å². The van der Waals surface area contributed by atoms with E-state index in [1.165, 1.54) is 18.4 Å². The third-order valence-corrected chi connectivity index (χ3v) is 4.69. The molecule has 0 fully saturated rings. The molecule has 0 aliphatic heterocycles. The molecule has 7 heteroatoms. The maximum atomic E-state index is 12.3. The van der Waals surface area contributed by atoms with Crippen LogP contribution in [0, 0.1) is 6.92 Å². The van der Waals surface area contributed by atoms with Gasteiger partial charge in [0, 0.05) is 10.9 Å². The highest BCUT2D eigenvalue weighted by Crippen LogP contribution is 2.25. The predicted octanol–water partition coefficient (Wildman–Crippen LogP) is 3.50. The Morgan fingerprint density at radius 1 is 1.15 bits per heavy atom. The second-order valence-electron chi connectivity index (χ2n) is 5.84. The summed E-state index contributed by atoms with van der Waals surface area (Å²) in [5.74, 6) is -0.169. The summed E-state index contributed by atoms with van der Waals surface area (Å²) in [5.41, 5.74) is 2.80. The fourth-order valence-electron chi connectivity index (χ4n) is 2.46. The van der Waals surface area contributed by atoms with E-state index in [0.717, 1.165) is 16.1 Å². The van der Waals surface area contributed by atoms with Gasteiger partial charge in [0.05, 0.1) is 19.3 Å². The molecule has 3 aromatic rings. The van der Waals surface area contributed by atoms with Gasteiger partial charge in [-0.1, -0.05) is 36.4 Å². The molecule has 0 radical (unpaired) electrons. The van der Waals surface area contributed by atoms with Crippen molar-refractivity contribution in [1.82, 2.24) is 10.3 Å². The molecule has 0 saturated heterocycles. The number of hydrogen-bond acceptors (Lipinski definition) is 5. The van der Waals surface area contributed by atoms with Gasteiger partial charge in [-0.2, -0.15) is 0 Å². The van der Waals surface area contributed by atoms with Crippen LogP contribution < -0.4 is 15.4 Å². The Hall–Kier alpha value is -3.19. The largest absolute Gasteiger partial charge is 0.495 e. The summed E-state index contributed by atoms with van der Waals surface area (Å²) >= 11 is 1.39. The van der Waals surface area contributed by atoms with Crippen molar-refractivity contribution in [1.29, 1.82) is 0 Å². The van der Waals surface area contributed by atoms with E-state index in [-0.39, 0.29) is 18.4 Å². The number of amides is 2. The van der Waals surface area contributed by atoms with E-state index in [1.807, 2.05) is 49.4 Å². The molecule has 1 aromatic heterocycles. The van der Waals surface area contributed by atoms with Crippen molar-refractivity contribution in [2.24, 2.45) is 0 Å². The molecule has 0 spiro atoms. The summed E-state index contributed by atoms with van der Waals surface area (Å²) in [6.07, 6.45) is 0. The molecule has 6 nitrogen and oxygen atoms in total. The van der Waals surface area contributed by atoms with Crippen molar-refractivity contribution < 1.29 is 14.3 Å². The van der Waals surface area contributed by atoms with Gasteiger partial charge in [0.25, 0.3) is 5.91 Å². The van der Waals surface area contributed by atoms with E-state index in [0.29, 0.717) is 17.1 Å². The Morgan fingerprint density at radius 3 is 2.67 bits per heavy atom. The van der Waals surface area contributed by atoms with Crippen LogP contribution in [0.2, 0.25) is 0 Å². The lowest BCUT2D eigenvalue weighted by Crippen LogP contribution is -2.33. The predicted molar refractivity (Wildman–Crippen MR) is 106 cm³/mol. The lowest BCUT2D eigenvalue weighted by molar-refractivity contribution is -0.115. The molecular formula is C20H19N3O3S. The van der Waals surface area contributed by atoms with Gasteiger partial charge in [-0.25, -0.2) is 4.98 Å². The summed E-state index contributed by atoms with van der Waals surface area (Å²) < 4.78 is 5.23.